The molecule has 0 amide bonds. The number of aryl methyl sites for hydroxylation is 2. The number of ether oxygens (including phenoxy) is 1. The normalized spacial score (nSPS) is 14.1. The lowest BCUT2D eigenvalue weighted by atomic mass is 10.1. The van der Waals surface area contributed by atoms with Crippen LogP contribution in [0.15, 0.2) is 67.1 Å². The molecule has 5 heterocycles. The zero-order valence-electron chi connectivity index (χ0n) is 19.2. The van der Waals surface area contributed by atoms with E-state index in [2.05, 4.69) is 47.1 Å². The maximum atomic E-state index is 5.60. The van der Waals surface area contributed by atoms with Crippen molar-refractivity contribution in [1.82, 2.24) is 29.3 Å². The Kier molecular flexibility index (Phi) is 5.07. The van der Waals surface area contributed by atoms with Gasteiger partial charge in [-0.25, -0.2) is 14.6 Å². The third kappa shape index (κ3) is 3.62. The van der Waals surface area contributed by atoms with Crippen LogP contribution in [0.2, 0.25) is 0 Å². The van der Waals surface area contributed by atoms with Crippen LogP contribution in [0.3, 0.4) is 0 Å². The second kappa shape index (κ2) is 8.39. The number of morpholine rings is 1. The van der Waals surface area contributed by atoms with Gasteiger partial charge in [-0.3, -0.25) is 4.98 Å². The molecule has 170 valence electrons. The molecule has 0 N–H and O–H groups in total. The second-order valence-corrected chi connectivity index (χ2v) is 8.52. The van der Waals surface area contributed by atoms with Crippen molar-refractivity contribution in [3.63, 3.8) is 0 Å². The van der Waals surface area contributed by atoms with Crippen molar-refractivity contribution < 1.29 is 4.74 Å². The Labute approximate surface area is 197 Å². The minimum absolute atomic E-state index is 0.697. The minimum atomic E-state index is 0.697. The molecule has 5 aromatic rings. The highest BCUT2D eigenvalue weighted by Crippen LogP contribution is 2.32. The summed E-state index contributed by atoms with van der Waals surface area (Å²) < 4.78 is 9.49. The van der Waals surface area contributed by atoms with E-state index in [0.717, 1.165) is 58.4 Å². The van der Waals surface area contributed by atoms with Crippen molar-refractivity contribution in [2.75, 3.05) is 31.2 Å². The maximum absolute atomic E-state index is 5.60. The molecule has 1 aliphatic rings. The van der Waals surface area contributed by atoms with E-state index in [4.69, 9.17) is 19.8 Å². The molecule has 0 radical (unpaired) electrons. The van der Waals surface area contributed by atoms with E-state index in [1.165, 1.54) is 5.56 Å². The summed E-state index contributed by atoms with van der Waals surface area (Å²) in [6.07, 6.45) is 5.54. The summed E-state index contributed by atoms with van der Waals surface area (Å²) in [5.74, 6) is 1.62. The monoisotopic (exact) mass is 451 g/mol. The number of benzene rings is 1. The topological polar surface area (TPSA) is 73.9 Å². The molecule has 0 bridgehead atoms. The van der Waals surface area contributed by atoms with E-state index >= 15 is 0 Å². The van der Waals surface area contributed by atoms with Gasteiger partial charge in [0.2, 0.25) is 0 Å². The summed E-state index contributed by atoms with van der Waals surface area (Å²) >= 11 is 0. The molecule has 1 aliphatic heterocycles. The molecule has 0 saturated carbocycles. The summed E-state index contributed by atoms with van der Waals surface area (Å²) in [6, 6.07) is 16.4. The number of anilines is 1. The van der Waals surface area contributed by atoms with Gasteiger partial charge in [-0.05, 0) is 31.2 Å². The summed E-state index contributed by atoms with van der Waals surface area (Å²) in [5.41, 5.74) is 6.97. The van der Waals surface area contributed by atoms with Crippen LogP contribution < -0.4 is 4.90 Å². The van der Waals surface area contributed by atoms with Crippen molar-refractivity contribution in [2.24, 2.45) is 7.05 Å². The van der Waals surface area contributed by atoms with Gasteiger partial charge in [0.25, 0.3) is 0 Å². The minimum Gasteiger partial charge on any atom is -0.378 e. The molecular weight excluding hydrogens is 426 g/mol. The maximum Gasteiger partial charge on any atom is 0.164 e. The van der Waals surface area contributed by atoms with Crippen LogP contribution >= 0.6 is 0 Å². The number of hydrogen-bond acceptors (Lipinski definition) is 6. The highest BCUT2D eigenvalue weighted by molar-refractivity contribution is 5.90. The number of fused-ring (bicyclic) bond motifs is 1. The number of nitrogens with zero attached hydrogens (tertiary/aromatic N) is 7. The van der Waals surface area contributed by atoms with E-state index < -0.39 is 0 Å². The first-order valence-electron chi connectivity index (χ1n) is 11.4. The molecule has 6 rings (SSSR count). The third-order valence-electron chi connectivity index (χ3n) is 6.22. The molecule has 8 heteroatoms. The second-order valence-electron chi connectivity index (χ2n) is 8.52. The number of rotatable bonds is 4. The molecule has 0 aliphatic carbocycles. The number of hydrogen-bond donors (Lipinski definition) is 0. The Balaban J connectivity index is 1.51. The molecule has 0 unspecified atom stereocenters. The number of imidazole rings is 1. The van der Waals surface area contributed by atoms with Gasteiger partial charge in [-0.2, -0.15) is 5.10 Å². The van der Waals surface area contributed by atoms with Gasteiger partial charge in [0, 0.05) is 55.9 Å². The first-order chi connectivity index (χ1) is 16.7. The predicted molar refractivity (Wildman–Crippen MR) is 132 cm³/mol. The van der Waals surface area contributed by atoms with Crippen LogP contribution in [0.4, 0.5) is 5.69 Å². The predicted octanol–water partition coefficient (Wildman–Crippen LogP) is 4.03. The van der Waals surface area contributed by atoms with Crippen molar-refractivity contribution in [1.29, 1.82) is 0 Å². The van der Waals surface area contributed by atoms with Gasteiger partial charge in [-0.15, -0.1) is 0 Å². The molecular formula is C26H25N7O. The van der Waals surface area contributed by atoms with Crippen LogP contribution in [0, 0.1) is 6.92 Å². The van der Waals surface area contributed by atoms with Gasteiger partial charge >= 0.3 is 0 Å². The standard InChI is InChI=1S/C26H25N7O/c1-18-4-3-5-20(16-18)21-8-11-33(30-21)23-17-22(32-12-14-34-15-13-32)24-26(28-23)31(2)25(29-24)19-6-9-27-10-7-19/h3-11,16-17H,12-15H2,1-2H3. The fraction of sp³-hybridized carbons (Fsp3) is 0.231. The fourth-order valence-electron chi connectivity index (χ4n) is 4.45. The Bertz CT molecular complexity index is 1470. The number of pyridine rings is 2. The average Bonchev–Trinajstić information content (AvgIpc) is 3.50. The first-order valence-corrected chi connectivity index (χ1v) is 11.4. The van der Waals surface area contributed by atoms with Crippen LogP contribution in [-0.2, 0) is 11.8 Å². The van der Waals surface area contributed by atoms with Gasteiger partial charge in [0.15, 0.2) is 11.5 Å². The lowest BCUT2D eigenvalue weighted by Crippen LogP contribution is -2.36. The van der Waals surface area contributed by atoms with E-state index in [1.807, 2.05) is 40.7 Å². The molecule has 1 saturated heterocycles. The van der Waals surface area contributed by atoms with E-state index in [9.17, 15) is 0 Å². The molecule has 0 atom stereocenters. The Morgan fingerprint density at radius 2 is 1.74 bits per heavy atom. The zero-order chi connectivity index (χ0) is 23.1. The van der Waals surface area contributed by atoms with Crippen LogP contribution in [0.25, 0.3) is 39.6 Å². The quantitative estimate of drug-likeness (QED) is 0.411. The van der Waals surface area contributed by atoms with Crippen molar-refractivity contribution in [3.8, 4) is 28.5 Å². The SMILES string of the molecule is Cc1cccc(-c2ccn(-c3cc(N4CCOCC4)c4nc(-c5ccncc5)n(C)c4n3)n2)c1. The average molecular weight is 452 g/mol. The molecule has 1 aromatic carbocycles. The first kappa shape index (κ1) is 20.6. The summed E-state index contributed by atoms with van der Waals surface area (Å²) in [6.45, 7) is 5.11. The zero-order valence-corrected chi connectivity index (χ0v) is 19.2. The van der Waals surface area contributed by atoms with Crippen molar-refractivity contribution in [2.45, 2.75) is 6.92 Å². The molecule has 0 spiro atoms. The smallest absolute Gasteiger partial charge is 0.164 e. The third-order valence-corrected chi connectivity index (χ3v) is 6.22. The van der Waals surface area contributed by atoms with Crippen LogP contribution in [0.1, 0.15) is 5.56 Å². The fourth-order valence-corrected chi connectivity index (χ4v) is 4.45. The summed E-state index contributed by atoms with van der Waals surface area (Å²) in [4.78, 5) is 16.5. The van der Waals surface area contributed by atoms with Crippen molar-refractivity contribution >= 4 is 16.9 Å². The Hall–Kier alpha value is -4.04. The van der Waals surface area contributed by atoms with Gasteiger partial charge in [0.05, 0.1) is 24.6 Å². The van der Waals surface area contributed by atoms with Gasteiger partial charge in [0.1, 0.15) is 11.3 Å². The molecule has 34 heavy (non-hydrogen) atoms. The van der Waals surface area contributed by atoms with Crippen LogP contribution in [0.5, 0.6) is 0 Å². The van der Waals surface area contributed by atoms with Crippen LogP contribution in [-0.4, -0.2) is 55.6 Å². The van der Waals surface area contributed by atoms with Gasteiger partial charge < -0.3 is 14.2 Å². The van der Waals surface area contributed by atoms with E-state index in [-0.39, 0.29) is 0 Å². The number of aromatic nitrogens is 6. The Morgan fingerprint density at radius 1 is 0.912 bits per heavy atom. The highest BCUT2D eigenvalue weighted by atomic mass is 16.5. The molecule has 8 nitrogen and oxygen atoms in total. The summed E-state index contributed by atoms with van der Waals surface area (Å²) in [5, 5.41) is 4.85. The summed E-state index contributed by atoms with van der Waals surface area (Å²) in [7, 11) is 2.01. The lowest BCUT2D eigenvalue weighted by Gasteiger charge is -2.29. The Morgan fingerprint density at radius 3 is 2.53 bits per heavy atom. The lowest BCUT2D eigenvalue weighted by molar-refractivity contribution is 0.123. The highest BCUT2D eigenvalue weighted by Gasteiger charge is 2.22. The molecule has 4 aromatic heterocycles. The van der Waals surface area contributed by atoms with E-state index in [1.54, 1.807) is 12.4 Å². The van der Waals surface area contributed by atoms with Crippen molar-refractivity contribution in [3.05, 3.63) is 72.7 Å². The molecule has 1 fully saturated rings. The van der Waals surface area contributed by atoms with E-state index in [0.29, 0.717) is 13.2 Å². The van der Waals surface area contributed by atoms with Gasteiger partial charge in [-0.1, -0.05) is 23.8 Å². The largest absolute Gasteiger partial charge is 0.378 e.